The average Bonchev–Trinajstić information content (AvgIpc) is 3.19. The third-order valence-corrected chi connectivity index (χ3v) is 4.61. The number of hydrogen-bond acceptors (Lipinski definition) is 3. The minimum atomic E-state index is -0.330. The van der Waals surface area contributed by atoms with E-state index in [1.807, 2.05) is 0 Å². The zero-order valence-corrected chi connectivity index (χ0v) is 11.9. The predicted octanol–water partition coefficient (Wildman–Crippen LogP) is 3.37. The van der Waals surface area contributed by atoms with Gasteiger partial charge in [0.25, 0.3) is 0 Å². The number of aryl methyl sites for hydroxylation is 1. The molecule has 1 aromatic carbocycles. The third kappa shape index (κ3) is 3.07. The summed E-state index contributed by atoms with van der Waals surface area (Å²) >= 11 is 1.79. The maximum absolute atomic E-state index is 9.52. The first kappa shape index (κ1) is 13.5. The monoisotopic (exact) mass is 260 g/mol. The highest BCUT2D eigenvalue weighted by Crippen LogP contribution is 2.42. The average molecular weight is 260 g/mol. The highest BCUT2D eigenvalue weighted by atomic mass is 32.2. The van der Waals surface area contributed by atoms with Gasteiger partial charge in [-0.25, -0.2) is 0 Å². The zero-order chi connectivity index (χ0) is 13.0. The number of rotatable bonds is 6. The second kappa shape index (κ2) is 5.77. The van der Waals surface area contributed by atoms with Crippen LogP contribution in [0.25, 0.3) is 0 Å². The summed E-state index contributed by atoms with van der Waals surface area (Å²) in [6.07, 6.45) is 2.38. The van der Waals surface area contributed by atoms with E-state index in [1.165, 1.54) is 23.3 Å². The van der Waals surface area contributed by atoms with Crippen molar-refractivity contribution < 1.29 is 0 Å². The van der Waals surface area contributed by atoms with Crippen molar-refractivity contribution in [3.8, 4) is 6.07 Å². The Balaban J connectivity index is 2.04. The van der Waals surface area contributed by atoms with E-state index in [0.29, 0.717) is 5.92 Å². The summed E-state index contributed by atoms with van der Waals surface area (Å²) in [7, 11) is 0. The molecule has 1 atom stereocenters. The van der Waals surface area contributed by atoms with Crippen LogP contribution in [0.3, 0.4) is 0 Å². The van der Waals surface area contributed by atoms with E-state index in [4.69, 9.17) is 0 Å². The van der Waals surface area contributed by atoms with E-state index in [9.17, 15) is 5.26 Å². The van der Waals surface area contributed by atoms with Gasteiger partial charge in [0, 0.05) is 10.6 Å². The lowest BCUT2D eigenvalue weighted by molar-refractivity contribution is 0.416. The maximum atomic E-state index is 9.52. The minimum Gasteiger partial charge on any atom is -0.299 e. The molecule has 0 spiro atoms. The largest absolute Gasteiger partial charge is 0.299 e. The molecule has 1 aromatic rings. The molecule has 18 heavy (non-hydrogen) atoms. The van der Waals surface area contributed by atoms with Gasteiger partial charge in [0.1, 0.15) is 5.54 Å². The van der Waals surface area contributed by atoms with Crippen molar-refractivity contribution in [1.29, 1.82) is 5.26 Å². The molecule has 1 aliphatic carbocycles. The smallest absolute Gasteiger partial charge is 0.119 e. The highest BCUT2D eigenvalue weighted by molar-refractivity contribution is 7.99. The normalized spacial score (nSPS) is 18.1. The van der Waals surface area contributed by atoms with Crippen LogP contribution in [0, 0.1) is 24.2 Å². The molecular weight excluding hydrogens is 240 g/mol. The van der Waals surface area contributed by atoms with Gasteiger partial charge in [-0.3, -0.25) is 5.32 Å². The number of nitriles is 1. The molecule has 1 unspecified atom stereocenters. The molecule has 1 saturated carbocycles. The van der Waals surface area contributed by atoms with Crippen molar-refractivity contribution in [2.75, 3.05) is 12.3 Å². The Morgan fingerprint density at radius 2 is 2.28 bits per heavy atom. The van der Waals surface area contributed by atoms with Crippen molar-refractivity contribution in [2.45, 2.75) is 37.1 Å². The Hall–Kier alpha value is -0.980. The van der Waals surface area contributed by atoms with Gasteiger partial charge in [-0.15, -0.1) is 11.8 Å². The molecule has 0 aliphatic heterocycles. The molecule has 0 heterocycles. The molecular formula is C15H20N2S. The van der Waals surface area contributed by atoms with Crippen molar-refractivity contribution in [3.05, 3.63) is 29.8 Å². The van der Waals surface area contributed by atoms with Crippen LogP contribution in [0.15, 0.2) is 29.2 Å². The van der Waals surface area contributed by atoms with Gasteiger partial charge in [0.05, 0.1) is 6.07 Å². The van der Waals surface area contributed by atoms with Gasteiger partial charge in [-0.1, -0.05) is 24.6 Å². The number of benzene rings is 1. The second-order valence-corrected chi connectivity index (χ2v) is 6.04. The first-order valence-corrected chi connectivity index (χ1v) is 7.54. The summed E-state index contributed by atoms with van der Waals surface area (Å²) in [6.45, 7) is 5.04. The summed E-state index contributed by atoms with van der Waals surface area (Å²) in [5.74, 6) is 1.38. The molecule has 0 radical (unpaired) electrons. The van der Waals surface area contributed by atoms with E-state index in [-0.39, 0.29) is 5.54 Å². The first-order valence-electron chi connectivity index (χ1n) is 6.56. The lowest BCUT2D eigenvalue weighted by atomic mass is 9.98. The fourth-order valence-electron chi connectivity index (χ4n) is 2.27. The molecule has 0 bridgehead atoms. The first-order chi connectivity index (χ1) is 8.70. The number of nitrogens with zero attached hydrogens (tertiary/aromatic N) is 1. The Kier molecular flexibility index (Phi) is 4.31. The van der Waals surface area contributed by atoms with Crippen LogP contribution < -0.4 is 5.32 Å². The lowest BCUT2D eigenvalue weighted by Crippen LogP contribution is -2.48. The third-order valence-electron chi connectivity index (χ3n) is 3.42. The Labute approximate surface area is 114 Å². The van der Waals surface area contributed by atoms with Crippen LogP contribution in [-0.4, -0.2) is 17.8 Å². The number of thioether (sulfide) groups is 1. The molecule has 1 aliphatic rings. The predicted molar refractivity (Wildman–Crippen MR) is 76.6 cm³/mol. The van der Waals surface area contributed by atoms with Gasteiger partial charge in [-0.05, 0) is 44.4 Å². The van der Waals surface area contributed by atoms with Crippen molar-refractivity contribution in [1.82, 2.24) is 5.32 Å². The molecule has 0 saturated heterocycles. The molecule has 3 heteroatoms. The molecule has 1 N–H and O–H groups in total. The Bertz CT molecular complexity index is 448. The van der Waals surface area contributed by atoms with Gasteiger partial charge < -0.3 is 0 Å². The molecule has 0 aromatic heterocycles. The molecule has 1 fully saturated rings. The summed E-state index contributed by atoms with van der Waals surface area (Å²) in [5, 5.41) is 12.9. The van der Waals surface area contributed by atoms with Crippen LogP contribution >= 0.6 is 11.8 Å². The maximum Gasteiger partial charge on any atom is 0.119 e. The Morgan fingerprint density at radius 3 is 2.83 bits per heavy atom. The summed E-state index contributed by atoms with van der Waals surface area (Å²) in [6, 6.07) is 11.0. The van der Waals surface area contributed by atoms with Gasteiger partial charge in [0.2, 0.25) is 0 Å². The Morgan fingerprint density at radius 1 is 1.50 bits per heavy atom. The quantitative estimate of drug-likeness (QED) is 0.797. The standard InChI is InChI=1S/C15H20N2S/c1-3-17-15(10-16,13-7-8-13)11-18-14-6-4-5-12(2)9-14/h4-6,9,13,17H,3,7-8,11H2,1-2H3. The summed E-state index contributed by atoms with van der Waals surface area (Å²) < 4.78 is 0. The van der Waals surface area contributed by atoms with Crippen molar-refractivity contribution >= 4 is 11.8 Å². The van der Waals surface area contributed by atoms with E-state index in [2.05, 4.69) is 49.5 Å². The fourth-order valence-corrected chi connectivity index (χ4v) is 3.51. The van der Waals surface area contributed by atoms with Gasteiger partial charge >= 0.3 is 0 Å². The topological polar surface area (TPSA) is 35.8 Å². The summed E-state index contributed by atoms with van der Waals surface area (Å²) in [5.41, 5.74) is 0.945. The van der Waals surface area contributed by atoms with E-state index >= 15 is 0 Å². The minimum absolute atomic E-state index is 0.330. The number of nitrogens with one attached hydrogen (secondary N) is 1. The molecule has 96 valence electrons. The summed E-state index contributed by atoms with van der Waals surface area (Å²) in [4.78, 5) is 1.26. The highest BCUT2D eigenvalue weighted by Gasteiger charge is 2.45. The van der Waals surface area contributed by atoms with E-state index in [1.54, 1.807) is 11.8 Å². The molecule has 2 rings (SSSR count). The second-order valence-electron chi connectivity index (χ2n) is 4.99. The molecule has 0 amide bonds. The number of hydrogen-bond donors (Lipinski definition) is 1. The SMILES string of the molecule is CCNC(C#N)(CSc1cccc(C)c1)C1CC1. The van der Waals surface area contributed by atoms with Crippen LogP contribution in [0.4, 0.5) is 0 Å². The van der Waals surface area contributed by atoms with Crippen LogP contribution in [-0.2, 0) is 0 Å². The van der Waals surface area contributed by atoms with Crippen LogP contribution in [0.5, 0.6) is 0 Å². The lowest BCUT2D eigenvalue weighted by Gasteiger charge is -2.27. The van der Waals surface area contributed by atoms with Crippen LogP contribution in [0.1, 0.15) is 25.3 Å². The van der Waals surface area contributed by atoms with E-state index in [0.717, 1.165) is 12.3 Å². The zero-order valence-electron chi connectivity index (χ0n) is 11.1. The van der Waals surface area contributed by atoms with Gasteiger partial charge in [0.15, 0.2) is 0 Å². The molecule has 2 nitrogen and oxygen atoms in total. The van der Waals surface area contributed by atoms with Crippen molar-refractivity contribution in [2.24, 2.45) is 5.92 Å². The van der Waals surface area contributed by atoms with Gasteiger partial charge in [-0.2, -0.15) is 5.26 Å². The fraction of sp³-hybridized carbons (Fsp3) is 0.533. The van der Waals surface area contributed by atoms with Crippen molar-refractivity contribution in [3.63, 3.8) is 0 Å². The van der Waals surface area contributed by atoms with Crippen LogP contribution in [0.2, 0.25) is 0 Å². The van der Waals surface area contributed by atoms with E-state index < -0.39 is 0 Å².